The fraction of sp³-hybridized carbons (Fsp3) is 0.318. The maximum atomic E-state index is 12.3. The summed E-state index contributed by atoms with van der Waals surface area (Å²) >= 11 is 0. The molecule has 1 aliphatic heterocycles. The average molecular weight is 365 g/mol. The van der Waals surface area contributed by atoms with Crippen LogP contribution in [0, 0.1) is 0 Å². The summed E-state index contributed by atoms with van der Waals surface area (Å²) in [6.07, 6.45) is 0.246. The van der Waals surface area contributed by atoms with E-state index in [0.29, 0.717) is 17.7 Å². The Bertz CT molecular complexity index is 1000. The summed E-state index contributed by atoms with van der Waals surface area (Å²) < 4.78 is 11.3. The molecule has 0 saturated carbocycles. The topological polar surface area (TPSA) is 62.9 Å². The van der Waals surface area contributed by atoms with Gasteiger partial charge in [0, 0.05) is 31.1 Å². The third-order valence-electron chi connectivity index (χ3n) is 4.95. The van der Waals surface area contributed by atoms with Gasteiger partial charge in [-0.3, -0.25) is 4.90 Å². The fourth-order valence-electron chi connectivity index (χ4n) is 3.92. The van der Waals surface area contributed by atoms with E-state index in [1.165, 1.54) is 6.07 Å². The molecule has 0 aliphatic carbocycles. The van der Waals surface area contributed by atoms with Gasteiger partial charge in [-0.05, 0) is 37.1 Å². The molecule has 1 aliphatic rings. The lowest BCUT2D eigenvalue weighted by molar-refractivity contribution is -0.0705. The Hall–Kier alpha value is -2.63. The summed E-state index contributed by atoms with van der Waals surface area (Å²) in [7, 11) is 0. The molecule has 4 rings (SSSR count). The smallest absolute Gasteiger partial charge is 0.336 e. The molecule has 0 bridgehead atoms. The van der Waals surface area contributed by atoms with E-state index < -0.39 is 5.63 Å². The summed E-state index contributed by atoms with van der Waals surface area (Å²) in [5, 5.41) is 11.3. The zero-order chi connectivity index (χ0) is 19.0. The minimum Gasteiger partial charge on any atom is -0.507 e. The van der Waals surface area contributed by atoms with E-state index in [2.05, 4.69) is 4.90 Å². The first-order valence-electron chi connectivity index (χ1n) is 9.23. The molecule has 5 nitrogen and oxygen atoms in total. The molecule has 0 unspecified atom stereocenters. The van der Waals surface area contributed by atoms with Crippen molar-refractivity contribution in [3.05, 3.63) is 64.5 Å². The van der Waals surface area contributed by atoms with Crippen LogP contribution in [-0.4, -0.2) is 35.3 Å². The number of hydrogen-bond donors (Lipinski definition) is 1. The SMILES string of the molecule is C[C@@H]1CN(Cc2c(O)ccc3c(-c4ccccc4)cc(=O)oc23)C[C@H](C)O1. The van der Waals surface area contributed by atoms with Crippen molar-refractivity contribution in [2.45, 2.75) is 32.6 Å². The molecule has 5 heteroatoms. The van der Waals surface area contributed by atoms with Crippen LogP contribution in [0.4, 0.5) is 0 Å². The van der Waals surface area contributed by atoms with Gasteiger partial charge in [0.25, 0.3) is 0 Å². The number of phenols is 1. The molecule has 27 heavy (non-hydrogen) atoms. The minimum atomic E-state index is -0.420. The van der Waals surface area contributed by atoms with Gasteiger partial charge >= 0.3 is 5.63 Å². The van der Waals surface area contributed by atoms with Crippen LogP contribution in [0.5, 0.6) is 5.75 Å². The lowest BCUT2D eigenvalue weighted by Crippen LogP contribution is -2.44. The van der Waals surface area contributed by atoms with E-state index >= 15 is 0 Å². The van der Waals surface area contributed by atoms with E-state index in [1.54, 1.807) is 6.07 Å². The molecule has 3 aromatic rings. The van der Waals surface area contributed by atoms with Gasteiger partial charge in [-0.15, -0.1) is 0 Å². The lowest BCUT2D eigenvalue weighted by Gasteiger charge is -2.35. The van der Waals surface area contributed by atoms with Crippen molar-refractivity contribution in [2.75, 3.05) is 13.1 Å². The van der Waals surface area contributed by atoms with Crippen LogP contribution < -0.4 is 5.63 Å². The van der Waals surface area contributed by atoms with Crippen LogP contribution in [-0.2, 0) is 11.3 Å². The highest BCUT2D eigenvalue weighted by atomic mass is 16.5. The van der Waals surface area contributed by atoms with E-state index in [-0.39, 0.29) is 18.0 Å². The van der Waals surface area contributed by atoms with Crippen LogP contribution >= 0.6 is 0 Å². The number of rotatable bonds is 3. The van der Waals surface area contributed by atoms with Gasteiger partial charge in [0.1, 0.15) is 11.3 Å². The van der Waals surface area contributed by atoms with Gasteiger partial charge < -0.3 is 14.3 Å². The number of hydrogen-bond acceptors (Lipinski definition) is 5. The Morgan fingerprint density at radius 2 is 1.78 bits per heavy atom. The molecule has 1 N–H and O–H groups in total. The number of phenolic OH excluding ortho intramolecular Hbond substituents is 1. The monoisotopic (exact) mass is 365 g/mol. The van der Waals surface area contributed by atoms with E-state index in [9.17, 15) is 9.90 Å². The van der Waals surface area contributed by atoms with Crippen molar-refractivity contribution in [1.29, 1.82) is 0 Å². The number of nitrogens with zero attached hydrogens (tertiary/aromatic N) is 1. The molecule has 140 valence electrons. The third kappa shape index (κ3) is 3.61. The third-order valence-corrected chi connectivity index (χ3v) is 4.95. The van der Waals surface area contributed by atoms with Crippen molar-refractivity contribution in [2.24, 2.45) is 0 Å². The van der Waals surface area contributed by atoms with Crippen molar-refractivity contribution in [3.63, 3.8) is 0 Å². The Morgan fingerprint density at radius 3 is 2.48 bits per heavy atom. The summed E-state index contributed by atoms with van der Waals surface area (Å²) in [4.78, 5) is 14.5. The number of morpholine rings is 1. The molecule has 1 saturated heterocycles. The lowest BCUT2D eigenvalue weighted by atomic mass is 9.99. The highest BCUT2D eigenvalue weighted by Crippen LogP contribution is 2.34. The predicted molar refractivity (Wildman–Crippen MR) is 105 cm³/mol. The van der Waals surface area contributed by atoms with Crippen LogP contribution in [0.2, 0.25) is 0 Å². The van der Waals surface area contributed by atoms with Crippen LogP contribution in [0.15, 0.2) is 57.7 Å². The standard InChI is InChI=1S/C22H23NO4/c1-14-11-23(12-15(2)26-14)13-19-20(24)9-8-17-18(10-21(25)27-22(17)19)16-6-4-3-5-7-16/h3-10,14-15,24H,11-13H2,1-2H3/t14-,15+. The fourth-order valence-corrected chi connectivity index (χ4v) is 3.92. The summed E-state index contributed by atoms with van der Waals surface area (Å²) in [6, 6.07) is 14.7. The maximum Gasteiger partial charge on any atom is 0.336 e. The van der Waals surface area contributed by atoms with E-state index in [1.807, 2.05) is 50.2 Å². The molecular weight excluding hydrogens is 342 g/mol. The largest absolute Gasteiger partial charge is 0.507 e. The Morgan fingerprint density at radius 1 is 1.07 bits per heavy atom. The molecule has 2 atom stereocenters. The molecule has 1 fully saturated rings. The summed E-state index contributed by atoms with van der Waals surface area (Å²) in [5.74, 6) is 0.141. The van der Waals surface area contributed by atoms with E-state index in [4.69, 9.17) is 9.15 Å². The summed E-state index contributed by atoms with van der Waals surface area (Å²) in [5.41, 5.74) is 2.43. The Kier molecular flexibility index (Phi) is 4.72. The van der Waals surface area contributed by atoms with Crippen LogP contribution in [0.3, 0.4) is 0 Å². The first kappa shape index (κ1) is 17.8. The van der Waals surface area contributed by atoms with Crippen molar-refractivity contribution < 1.29 is 14.3 Å². The Balaban J connectivity index is 1.83. The Labute approximate surface area is 157 Å². The number of fused-ring (bicyclic) bond motifs is 1. The van der Waals surface area contributed by atoms with Crippen LogP contribution in [0.25, 0.3) is 22.1 Å². The average Bonchev–Trinajstić information content (AvgIpc) is 2.63. The molecule has 0 amide bonds. The second kappa shape index (κ2) is 7.18. The van der Waals surface area contributed by atoms with Gasteiger partial charge in [0.2, 0.25) is 0 Å². The predicted octanol–water partition coefficient (Wildman–Crippen LogP) is 3.77. The number of ether oxygens (including phenoxy) is 1. The van der Waals surface area contributed by atoms with Gasteiger partial charge in [-0.2, -0.15) is 0 Å². The normalized spacial score (nSPS) is 20.8. The zero-order valence-corrected chi connectivity index (χ0v) is 15.5. The van der Waals surface area contributed by atoms with Crippen molar-refractivity contribution >= 4 is 11.0 Å². The second-order valence-corrected chi connectivity index (χ2v) is 7.24. The summed E-state index contributed by atoms with van der Waals surface area (Å²) in [6.45, 7) is 6.12. The second-order valence-electron chi connectivity index (χ2n) is 7.24. The number of benzene rings is 2. The van der Waals surface area contributed by atoms with Gasteiger partial charge in [-0.25, -0.2) is 4.79 Å². The molecule has 2 heterocycles. The molecule has 0 radical (unpaired) electrons. The van der Waals surface area contributed by atoms with Gasteiger partial charge in [0.15, 0.2) is 0 Å². The van der Waals surface area contributed by atoms with E-state index in [0.717, 1.165) is 29.6 Å². The number of aromatic hydroxyl groups is 1. The zero-order valence-electron chi connectivity index (χ0n) is 15.5. The highest BCUT2D eigenvalue weighted by Gasteiger charge is 2.24. The quantitative estimate of drug-likeness (QED) is 0.716. The first-order valence-corrected chi connectivity index (χ1v) is 9.23. The van der Waals surface area contributed by atoms with Gasteiger partial charge in [-0.1, -0.05) is 30.3 Å². The first-order chi connectivity index (χ1) is 13.0. The minimum absolute atomic E-state index is 0.123. The molecule has 2 aromatic carbocycles. The van der Waals surface area contributed by atoms with Crippen molar-refractivity contribution in [3.8, 4) is 16.9 Å². The maximum absolute atomic E-state index is 12.3. The van der Waals surface area contributed by atoms with Gasteiger partial charge in [0.05, 0.1) is 17.8 Å². The highest BCUT2D eigenvalue weighted by molar-refractivity contribution is 5.95. The molecule has 1 aromatic heterocycles. The molecule has 0 spiro atoms. The van der Waals surface area contributed by atoms with Crippen LogP contribution in [0.1, 0.15) is 19.4 Å². The van der Waals surface area contributed by atoms with Crippen molar-refractivity contribution in [1.82, 2.24) is 4.90 Å². The molecular formula is C22H23NO4.